The summed E-state index contributed by atoms with van der Waals surface area (Å²) in [6.07, 6.45) is 1.12. The lowest BCUT2D eigenvalue weighted by molar-refractivity contribution is 0.144. The van der Waals surface area contributed by atoms with Gasteiger partial charge in [-0.15, -0.1) is 0 Å². The maximum Gasteiger partial charge on any atom is 0.161 e. The van der Waals surface area contributed by atoms with Crippen molar-refractivity contribution in [3.8, 4) is 11.5 Å². The predicted octanol–water partition coefficient (Wildman–Crippen LogP) is 2.61. The molecule has 1 rings (SSSR count). The van der Waals surface area contributed by atoms with E-state index < -0.39 is 0 Å². The fourth-order valence-electron chi connectivity index (χ4n) is 1.61. The van der Waals surface area contributed by atoms with Crippen LogP contribution in [0, 0.1) is 0 Å². The zero-order chi connectivity index (χ0) is 14.1. The van der Waals surface area contributed by atoms with Crippen LogP contribution in [0.15, 0.2) is 18.2 Å². The van der Waals surface area contributed by atoms with Gasteiger partial charge in [-0.25, -0.2) is 0 Å². The zero-order valence-electron chi connectivity index (χ0n) is 12.4. The van der Waals surface area contributed by atoms with Crippen LogP contribution < -0.4 is 14.8 Å². The van der Waals surface area contributed by atoms with E-state index in [4.69, 9.17) is 14.2 Å². The van der Waals surface area contributed by atoms with Crippen LogP contribution in [0.1, 0.15) is 25.8 Å². The van der Waals surface area contributed by atoms with E-state index in [2.05, 4.69) is 25.2 Å². The smallest absolute Gasteiger partial charge is 0.161 e. The van der Waals surface area contributed by atoms with Crippen molar-refractivity contribution in [2.75, 3.05) is 27.4 Å². The Balaban J connectivity index is 2.61. The summed E-state index contributed by atoms with van der Waals surface area (Å²) in [4.78, 5) is 0. The Kier molecular flexibility index (Phi) is 7.30. The van der Waals surface area contributed by atoms with Gasteiger partial charge in [-0.1, -0.05) is 13.0 Å². The highest BCUT2D eigenvalue weighted by molar-refractivity contribution is 5.42. The molecule has 0 aliphatic rings. The Morgan fingerprint density at radius 2 is 1.95 bits per heavy atom. The van der Waals surface area contributed by atoms with Crippen molar-refractivity contribution in [1.82, 2.24) is 5.32 Å². The van der Waals surface area contributed by atoms with Crippen molar-refractivity contribution in [3.63, 3.8) is 0 Å². The first-order valence-corrected chi connectivity index (χ1v) is 6.73. The fourth-order valence-corrected chi connectivity index (χ4v) is 1.61. The summed E-state index contributed by atoms with van der Waals surface area (Å²) in [5.41, 5.74) is 1.19. The Morgan fingerprint density at radius 3 is 2.58 bits per heavy atom. The third-order valence-corrected chi connectivity index (χ3v) is 3.04. The van der Waals surface area contributed by atoms with Crippen LogP contribution >= 0.6 is 0 Å². The molecule has 19 heavy (non-hydrogen) atoms. The summed E-state index contributed by atoms with van der Waals surface area (Å²) in [5.74, 6) is 1.52. The Hall–Kier alpha value is -1.26. The molecule has 1 aromatic carbocycles. The third-order valence-electron chi connectivity index (χ3n) is 3.04. The summed E-state index contributed by atoms with van der Waals surface area (Å²) in [7, 11) is 3.31. The molecule has 0 saturated carbocycles. The Morgan fingerprint density at radius 1 is 1.16 bits per heavy atom. The minimum absolute atomic E-state index is 0.517. The molecule has 0 amide bonds. The quantitative estimate of drug-likeness (QED) is 0.698. The maximum absolute atomic E-state index is 5.60. The van der Waals surface area contributed by atoms with E-state index in [9.17, 15) is 0 Å². The summed E-state index contributed by atoms with van der Waals surface area (Å²) in [6.45, 7) is 6.28. The van der Waals surface area contributed by atoms with Gasteiger partial charge in [0, 0.05) is 19.7 Å². The van der Waals surface area contributed by atoms with Crippen LogP contribution in [0.4, 0.5) is 0 Å². The molecule has 0 heterocycles. The lowest BCUT2D eigenvalue weighted by Crippen LogP contribution is -2.24. The summed E-state index contributed by atoms with van der Waals surface area (Å²) >= 11 is 0. The van der Waals surface area contributed by atoms with Gasteiger partial charge in [0.15, 0.2) is 11.5 Å². The van der Waals surface area contributed by atoms with Crippen LogP contribution in [0.25, 0.3) is 0 Å². The second kappa shape index (κ2) is 8.77. The topological polar surface area (TPSA) is 39.7 Å². The minimum atomic E-state index is 0.517. The monoisotopic (exact) mass is 267 g/mol. The zero-order valence-corrected chi connectivity index (χ0v) is 12.4. The van der Waals surface area contributed by atoms with Crippen LogP contribution in [-0.4, -0.2) is 33.5 Å². The highest BCUT2D eigenvalue weighted by Gasteiger charge is 2.06. The minimum Gasteiger partial charge on any atom is -0.493 e. The average molecular weight is 267 g/mol. The molecule has 0 fully saturated rings. The normalized spacial score (nSPS) is 12.2. The van der Waals surface area contributed by atoms with Gasteiger partial charge in [0.25, 0.3) is 0 Å². The second-order valence-electron chi connectivity index (χ2n) is 4.52. The van der Waals surface area contributed by atoms with E-state index in [0.29, 0.717) is 19.3 Å². The summed E-state index contributed by atoms with van der Waals surface area (Å²) < 4.78 is 15.9. The van der Waals surface area contributed by atoms with E-state index in [1.54, 1.807) is 14.2 Å². The van der Waals surface area contributed by atoms with Crippen molar-refractivity contribution >= 4 is 0 Å². The van der Waals surface area contributed by atoms with Gasteiger partial charge in [-0.2, -0.15) is 0 Å². The van der Waals surface area contributed by atoms with Crippen molar-refractivity contribution < 1.29 is 14.2 Å². The molecule has 0 bridgehead atoms. The lowest BCUT2D eigenvalue weighted by Gasteiger charge is -2.14. The van der Waals surface area contributed by atoms with Crippen LogP contribution in [0.3, 0.4) is 0 Å². The number of hydrogen-bond acceptors (Lipinski definition) is 4. The molecular formula is C15H25NO3. The molecule has 0 aromatic heterocycles. The van der Waals surface area contributed by atoms with E-state index in [1.165, 1.54) is 5.56 Å². The third kappa shape index (κ3) is 5.49. The highest BCUT2D eigenvalue weighted by atomic mass is 16.5. The molecule has 0 spiro atoms. The van der Waals surface area contributed by atoms with Gasteiger partial charge in [-0.05, 0) is 31.0 Å². The molecule has 0 aliphatic heterocycles. The standard InChI is InChI=1S/C15H25NO3/c1-5-12(2)16-11-13-6-7-14(15(10-13)18-4)19-9-8-17-3/h6-7,10,12,16H,5,8-9,11H2,1-4H3. The second-order valence-corrected chi connectivity index (χ2v) is 4.52. The molecule has 0 aliphatic carbocycles. The maximum atomic E-state index is 5.60. The molecule has 1 N–H and O–H groups in total. The van der Waals surface area contributed by atoms with Crippen LogP contribution in [0.5, 0.6) is 11.5 Å². The van der Waals surface area contributed by atoms with Gasteiger partial charge in [-0.3, -0.25) is 0 Å². The molecule has 1 unspecified atom stereocenters. The summed E-state index contributed by atoms with van der Waals surface area (Å²) in [6, 6.07) is 6.53. The SMILES string of the molecule is CCC(C)NCc1ccc(OCCOC)c(OC)c1. The molecule has 108 valence electrons. The predicted molar refractivity (Wildman–Crippen MR) is 77.0 cm³/mol. The van der Waals surface area contributed by atoms with Crippen molar-refractivity contribution in [1.29, 1.82) is 0 Å². The Labute approximate surface area is 116 Å². The molecule has 0 saturated heterocycles. The van der Waals surface area contributed by atoms with Gasteiger partial charge < -0.3 is 19.5 Å². The lowest BCUT2D eigenvalue weighted by atomic mass is 10.2. The molecule has 1 aromatic rings. The van der Waals surface area contributed by atoms with E-state index in [-0.39, 0.29) is 0 Å². The first-order chi connectivity index (χ1) is 9.21. The number of methoxy groups -OCH3 is 2. The van der Waals surface area contributed by atoms with Crippen molar-refractivity contribution in [3.05, 3.63) is 23.8 Å². The highest BCUT2D eigenvalue weighted by Crippen LogP contribution is 2.28. The largest absolute Gasteiger partial charge is 0.493 e. The van der Waals surface area contributed by atoms with Gasteiger partial charge in [0.1, 0.15) is 6.61 Å². The number of hydrogen-bond donors (Lipinski definition) is 1. The number of benzene rings is 1. The van der Waals surface area contributed by atoms with Crippen LogP contribution in [-0.2, 0) is 11.3 Å². The number of rotatable bonds is 9. The van der Waals surface area contributed by atoms with Gasteiger partial charge in [0.05, 0.1) is 13.7 Å². The van der Waals surface area contributed by atoms with Crippen molar-refractivity contribution in [2.45, 2.75) is 32.9 Å². The molecule has 1 atom stereocenters. The fraction of sp³-hybridized carbons (Fsp3) is 0.600. The van der Waals surface area contributed by atoms with Gasteiger partial charge >= 0.3 is 0 Å². The Bertz CT molecular complexity index is 368. The molecule has 4 heteroatoms. The summed E-state index contributed by atoms with van der Waals surface area (Å²) in [5, 5.41) is 3.46. The van der Waals surface area contributed by atoms with Gasteiger partial charge in [0.2, 0.25) is 0 Å². The molecule has 0 radical (unpaired) electrons. The van der Waals surface area contributed by atoms with E-state index in [1.807, 2.05) is 12.1 Å². The van der Waals surface area contributed by atoms with Crippen LogP contribution in [0.2, 0.25) is 0 Å². The van der Waals surface area contributed by atoms with Crippen molar-refractivity contribution in [2.24, 2.45) is 0 Å². The van der Waals surface area contributed by atoms with E-state index >= 15 is 0 Å². The average Bonchev–Trinajstić information content (AvgIpc) is 2.45. The first kappa shape index (κ1) is 15.8. The molecule has 4 nitrogen and oxygen atoms in total. The first-order valence-electron chi connectivity index (χ1n) is 6.73. The number of nitrogens with one attached hydrogen (secondary N) is 1. The van der Waals surface area contributed by atoms with E-state index in [0.717, 1.165) is 24.5 Å². The number of ether oxygens (including phenoxy) is 3. The molecular weight excluding hydrogens is 242 g/mol.